The van der Waals surface area contributed by atoms with Crippen LogP contribution in [0.2, 0.25) is 0 Å². The van der Waals surface area contributed by atoms with Gasteiger partial charge in [-0.15, -0.1) is 0 Å². The fraction of sp³-hybridized carbons (Fsp3) is 0.500. The van der Waals surface area contributed by atoms with Gasteiger partial charge in [0.25, 0.3) is 0 Å². The van der Waals surface area contributed by atoms with Crippen LogP contribution >= 0.6 is 0 Å². The van der Waals surface area contributed by atoms with E-state index in [-0.39, 0.29) is 0 Å². The van der Waals surface area contributed by atoms with E-state index in [9.17, 15) is 0 Å². The van der Waals surface area contributed by atoms with E-state index in [2.05, 4.69) is 51.8 Å². The molecule has 2 aromatic heterocycles. The van der Waals surface area contributed by atoms with Crippen molar-refractivity contribution in [2.75, 3.05) is 31.1 Å². The number of nitrogens with one attached hydrogen (secondary N) is 1. The van der Waals surface area contributed by atoms with Gasteiger partial charge in [-0.05, 0) is 12.1 Å². The van der Waals surface area contributed by atoms with Gasteiger partial charge in [-0.3, -0.25) is 0 Å². The summed E-state index contributed by atoms with van der Waals surface area (Å²) in [5, 5.41) is 3.39. The molecule has 4 heteroatoms. The van der Waals surface area contributed by atoms with Crippen molar-refractivity contribution in [1.82, 2.24) is 14.7 Å². The van der Waals surface area contributed by atoms with Crippen LogP contribution in [0, 0.1) is 0 Å². The molecule has 1 N–H and O–H groups in total. The maximum atomic E-state index is 4.51. The first kappa shape index (κ1) is 11.5. The third kappa shape index (κ3) is 1.97. The summed E-state index contributed by atoms with van der Waals surface area (Å²) in [7, 11) is 0. The molecule has 0 aromatic carbocycles. The second-order valence-electron chi connectivity index (χ2n) is 5.19. The number of fused-ring (bicyclic) bond motifs is 1. The van der Waals surface area contributed by atoms with Crippen molar-refractivity contribution >= 4 is 11.2 Å². The first-order valence-corrected chi connectivity index (χ1v) is 6.68. The lowest BCUT2D eigenvalue weighted by atomic mass is 10.2. The summed E-state index contributed by atoms with van der Waals surface area (Å²) in [5.41, 5.74) is 2.47. The summed E-state index contributed by atoms with van der Waals surface area (Å²) in [6, 6.07) is 4.36. The molecular weight excluding hydrogens is 224 g/mol. The van der Waals surface area contributed by atoms with E-state index in [0.717, 1.165) is 32.0 Å². The molecule has 1 saturated heterocycles. The van der Waals surface area contributed by atoms with Gasteiger partial charge in [-0.25, -0.2) is 4.98 Å². The van der Waals surface area contributed by atoms with Gasteiger partial charge in [-0.2, -0.15) is 0 Å². The van der Waals surface area contributed by atoms with Crippen molar-refractivity contribution in [3.63, 3.8) is 0 Å². The highest BCUT2D eigenvalue weighted by atomic mass is 15.2. The average molecular weight is 244 g/mol. The Labute approximate surface area is 108 Å². The minimum atomic E-state index is 0.450. The van der Waals surface area contributed by atoms with Crippen LogP contribution in [0.3, 0.4) is 0 Å². The maximum Gasteiger partial charge on any atom is 0.115 e. The van der Waals surface area contributed by atoms with Gasteiger partial charge in [0, 0.05) is 38.3 Å². The van der Waals surface area contributed by atoms with Gasteiger partial charge in [0.15, 0.2) is 0 Å². The Morgan fingerprint density at radius 1 is 1.22 bits per heavy atom. The van der Waals surface area contributed by atoms with Gasteiger partial charge >= 0.3 is 0 Å². The zero-order valence-electron chi connectivity index (χ0n) is 11.1. The van der Waals surface area contributed by atoms with Gasteiger partial charge in [-0.1, -0.05) is 13.8 Å². The highest BCUT2D eigenvalue weighted by molar-refractivity contribution is 5.55. The molecule has 0 radical (unpaired) electrons. The van der Waals surface area contributed by atoms with Gasteiger partial charge in [0.1, 0.15) is 5.82 Å². The Balaban J connectivity index is 2.00. The highest BCUT2D eigenvalue weighted by Gasteiger charge is 2.13. The third-order valence-corrected chi connectivity index (χ3v) is 3.54. The normalized spacial score (nSPS) is 16.7. The van der Waals surface area contributed by atoms with Crippen LogP contribution in [0.1, 0.15) is 25.6 Å². The Bertz CT molecular complexity index is 538. The summed E-state index contributed by atoms with van der Waals surface area (Å²) < 4.78 is 2.22. The Kier molecular flexibility index (Phi) is 2.96. The molecule has 96 valence electrons. The second kappa shape index (κ2) is 4.61. The van der Waals surface area contributed by atoms with Crippen molar-refractivity contribution in [3.05, 3.63) is 30.4 Å². The van der Waals surface area contributed by atoms with E-state index in [0.29, 0.717) is 5.92 Å². The van der Waals surface area contributed by atoms with E-state index >= 15 is 0 Å². The average Bonchev–Trinajstić information content (AvgIpc) is 2.82. The van der Waals surface area contributed by atoms with Crippen molar-refractivity contribution in [2.24, 2.45) is 0 Å². The summed E-state index contributed by atoms with van der Waals surface area (Å²) >= 11 is 0. The zero-order chi connectivity index (χ0) is 12.5. The number of hydrogen-bond acceptors (Lipinski definition) is 3. The molecule has 0 aliphatic carbocycles. The molecule has 0 unspecified atom stereocenters. The van der Waals surface area contributed by atoms with Gasteiger partial charge in [0.05, 0.1) is 17.4 Å². The molecular formula is C14H20N4. The number of anilines is 1. The molecule has 2 aromatic rings. The van der Waals surface area contributed by atoms with Gasteiger partial charge in [0.2, 0.25) is 0 Å². The quantitative estimate of drug-likeness (QED) is 0.875. The van der Waals surface area contributed by atoms with Crippen molar-refractivity contribution < 1.29 is 0 Å². The summed E-state index contributed by atoms with van der Waals surface area (Å²) in [6.45, 7) is 8.67. The lowest BCUT2D eigenvalue weighted by Crippen LogP contribution is -2.43. The Morgan fingerprint density at radius 2 is 2.00 bits per heavy atom. The summed E-state index contributed by atoms with van der Waals surface area (Å²) in [4.78, 5) is 6.94. The molecule has 18 heavy (non-hydrogen) atoms. The second-order valence-corrected chi connectivity index (χ2v) is 5.19. The topological polar surface area (TPSA) is 32.6 Å². The highest BCUT2D eigenvalue weighted by Crippen LogP contribution is 2.21. The molecule has 3 heterocycles. The smallest absolute Gasteiger partial charge is 0.115 e. The van der Waals surface area contributed by atoms with Crippen LogP contribution in [0.4, 0.5) is 5.69 Å². The number of rotatable bonds is 2. The maximum absolute atomic E-state index is 4.51. The van der Waals surface area contributed by atoms with E-state index < -0.39 is 0 Å². The molecule has 0 spiro atoms. The molecule has 0 bridgehead atoms. The number of nitrogens with zero attached hydrogens (tertiary/aromatic N) is 3. The van der Waals surface area contributed by atoms with Crippen LogP contribution in [0.5, 0.6) is 0 Å². The first-order chi connectivity index (χ1) is 8.75. The van der Waals surface area contributed by atoms with E-state index in [1.165, 1.54) is 11.2 Å². The lowest BCUT2D eigenvalue weighted by molar-refractivity contribution is 0.588. The fourth-order valence-electron chi connectivity index (χ4n) is 2.54. The van der Waals surface area contributed by atoms with Crippen LogP contribution in [0.25, 0.3) is 5.52 Å². The molecule has 4 nitrogen and oxygen atoms in total. The number of imidazole rings is 1. The Hall–Kier alpha value is -1.55. The number of piperazine rings is 1. The third-order valence-electron chi connectivity index (χ3n) is 3.54. The van der Waals surface area contributed by atoms with Gasteiger partial charge < -0.3 is 14.6 Å². The van der Waals surface area contributed by atoms with Crippen LogP contribution in [0.15, 0.2) is 24.5 Å². The van der Waals surface area contributed by atoms with Crippen molar-refractivity contribution in [3.8, 4) is 0 Å². The molecule has 1 fully saturated rings. The van der Waals surface area contributed by atoms with Crippen LogP contribution in [-0.4, -0.2) is 35.6 Å². The molecule has 0 atom stereocenters. The lowest BCUT2D eigenvalue weighted by Gasteiger charge is -2.29. The van der Waals surface area contributed by atoms with Crippen molar-refractivity contribution in [1.29, 1.82) is 0 Å². The zero-order valence-corrected chi connectivity index (χ0v) is 11.1. The Morgan fingerprint density at radius 3 is 2.72 bits per heavy atom. The summed E-state index contributed by atoms with van der Waals surface area (Å²) in [6.07, 6.45) is 4.18. The molecule has 3 rings (SSSR count). The SMILES string of the molecule is CC(C)c1ncc2ccc(N3CCNCC3)cn12. The largest absolute Gasteiger partial charge is 0.368 e. The predicted octanol–water partition coefficient (Wildman–Crippen LogP) is 1.87. The van der Waals surface area contributed by atoms with E-state index in [1.807, 2.05) is 6.20 Å². The molecule has 0 saturated carbocycles. The van der Waals surface area contributed by atoms with E-state index in [4.69, 9.17) is 0 Å². The number of pyridine rings is 1. The minimum absolute atomic E-state index is 0.450. The first-order valence-electron chi connectivity index (χ1n) is 6.68. The minimum Gasteiger partial charge on any atom is -0.368 e. The van der Waals surface area contributed by atoms with Crippen LogP contribution < -0.4 is 10.2 Å². The number of hydrogen-bond donors (Lipinski definition) is 1. The molecule has 0 amide bonds. The predicted molar refractivity (Wildman–Crippen MR) is 74.4 cm³/mol. The number of aromatic nitrogens is 2. The van der Waals surface area contributed by atoms with Crippen LogP contribution in [-0.2, 0) is 0 Å². The van der Waals surface area contributed by atoms with Crippen molar-refractivity contribution in [2.45, 2.75) is 19.8 Å². The van der Waals surface area contributed by atoms with E-state index in [1.54, 1.807) is 0 Å². The summed E-state index contributed by atoms with van der Waals surface area (Å²) in [5.74, 6) is 1.59. The fourth-order valence-corrected chi connectivity index (χ4v) is 2.54. The monoisotopic (exact) mass is 244 g/mol. The molecule has 1 aliphatic heterocycles. The molecule has 1 aliphatic rings. The standard InChI is InChI=1S/C14H20N4/c1-11(2)14-16-9-12-3-4-13(10-18(12)14)17-7-5-15-6-8-17/h3-4,9-11,15H,5-8H2,1-2H3.